The van der Waals surface area contributed by atoms with Crippen LogP contribution in [0.4, 0.5) is 0 Å². The van der Waals surface area contributed by atoms with Crippen LogP contribution in [0, 0.1) is 0 Å². The van der Waals surface area contributed by atoms with E-state index in [1.165, 1.54) is 31.5 Å². The van der Waals surface area contributed by atoms with E-state index < -0.39 is 0 Å². The number of piperidine rings is 1. The highest BCUT2D eigenvalue weighted by Crippen LogP contribution is 2.19. The van der Waals surface area contributed by atoms with Crippen molar-refractivity contribution >= 4 is 29.1 Å². The molecule has 1 atom stereocenters. The first kappa shape index (κ1) is 15.5. The van der Waals surface area contributed by atoms with Crippen LogP contribution in [-0.4, -0.2) is 41.5 Å². The van der Waals surface area contributed by atoms with Gasteiger partial charge in [0, 0.05) is 18.8 Å². The zero-order valence-corrected chi connectivity index (χ0v) is 13.0. The van der Waals surface area contributed by atoms with E-state index in [1.807, 2.05) is 0 Å². The Labute approximate surface area is 129 Å². The first-order valence-corrected chi connectivity index (χ1v) is 7.67. The number of nitrogens with one attached hydrogen (secondary N) is 1. The number of halogens is 2. The quantitative estimate of drug-likeness (QED) is 0.869. The maximum Gasteiger partial charge on any atom is 0.252 e. The number of carbonyl (C=O) groups is 1. The molecule has 0 aromatic carbocycles. The molecule has 1 amide bonds. The van der Waals surface area contributed by atoms with Crippen molar-refractivity contribution in [2.75, 3.05) is 19.6 Å². The summed E-state index contributed by atoms with van der Waals surface area (Å²) in [5.74, 6) is -0.167. The van der Waals surface area contributed by atoms with Gasteiger partial charge in [-0.2, -0.15) is 0 Å². The Morgan fingerprint density at radius 2 is 2.10 bits per heavy atom. The van der Waals surface area contributed by atoms with Crippen molar-refractivity contribution < 1.29 is 4.79 Å². The molecule has 1 saturated heterocycles. The van der Waals surface area contributed by atoms with Crippen molar-refractivity contribution in [3.05, 3.63) is 28.0 Å². The molecule has 1 aliphatic rings. The van der Waals surface area contributed by atoms with Crippen LogP contribution in [0.3, 0.4) is 0 Å². The summed E-state index contributed by atoms with van der Waals surface area (Å²) < 4.78 is 0. The lowest BCUT2D eigenvalue weighted by molar-refractivity contribution is 0.0929. The lowest BCUT2D eigenvalue weighted by Crippen LogP contribution is -2.44. The number of pyridine rings is 1. The Morgan fingerprint density at radius 1 is 1.40 bits per heavy atom. The van der Waals surface area contributed by atoms with Gasteiger partial charge < -0.3 is 5.32 Å². The summed E-state index contributed by atoms with van der Waals surface area (Å²) in [4.78, 5) is 18.3. The summed E-state index contributed by atoms with van der Waals surface area (Å²) in [6, 6.07) is 1.88. The molecule has 0 spiro atoms. The van der Waals surface area contributed by atoms with Crippen molar-refractivity contribution in [3.8, 4) is 0 Å². The molecule has 1 aliphatic heterocycles. The number of amides is 1. The van der Waals surface area contributed by atoms with Gasteiger partial charge in [-0.05, 0) is 38.9 Å². The van der Waals surface area contributed by atoms with E-state index in [2.05, 4.69) is 22.1 Å². The van der Waals surface area contributed by atoms with Crippen LogP contribution in [0.5, 0.6) is 0 Å². The molecule has 0 aliphatic carbocycles. The minimum atomic E-state index is -0.167. The molecule has 0 bridgehead atoms. The summed E-state index contributed by atoms with van der Waals surface area (Å²) >= 11 is 11.6. The minimum Gasteiger partial charge on any atom is -0.350 e. The Hall–Kier alpha value is -0.840. The lowest BCUT2D eigenvalue weighted by Gasteiger charge is -2.32. The van der Waals surface area contributed by atoms with Gasteiger partial charge in [0.15, 0.2) is 0 Å². The van der Waals surface area contributed by atoms with Crippen LogP contribution in [0.25, 0.3) is 0 Å². The fraction of sp³-hybridized carbons (Fsp3) is 0.571. The second kappa shape index (κ2) is 7.25. The first-order chi connectivity index (χ1) is 9.58. The second-order valence-electron chi connectivity index (χ2n) is 5.15. The molecule has 2 rings (SSSR count). The Morgan fingerprint density at radius 3 is 2.75 bits per heavy atom. The van der Waals surface area contributed by atoms with Crippen molar-refractivity contribution in [1.29, 1.82) is 0 Å². The van der Waals surface area contributed by atoms with Crippen LogP contribution in [0.1, 0.15) is 36.5 Å². The molecule has 2 heterocycles. The summed E-state index contributed by atoms with van der Waals surface area (Å²) in [5, 5.41) is 3.43. The highest BCUT2D eigenvalue weighted by Gasteiger charge is 2.17. The van der Waals surface area contributed by atoms with Gasteiger partial charge in [0.1, 0.15) is 5.15 Å². The fourth-order valence-electron chi connectivity index (χ4n) is 2.38. The maximum atomic E-state index is 12.0. The van der Waals surface area contributed by atoms with Crippen LogP contribution in [0.15, 0.2) is 12.3 Å². The van der Waals surface area contributed by atoms with Crippen molar-refractivity contribution in [3.63, 3.8) is 0 Å². The van der Waals surface area contributed by atoms with Gasteiger partial charge in [-0.3, -0.25) is 9.69 Å². The third kappa shape index (κ3) is 4.08. The zero-order chi connectivity index (χ0) is 14.5. The standard InChI is InChI=1S/C14H19Cl2N3O/c1-10(19-5-3-2-4-6-19)8-18-14(20)11-7-12(15)13(16)17-9-11/h7,9-10H,2-6,8H2,1H3,(H,18,20). The van der Waals surface area contributed by atoms with Gasteiger partial charge in [-0.15, -0.1) is 0 Å². The lowest BCUT2D eigenvalue weighted by atomic mass is 10.1. The number of hydrogen-bond donors (Lipinski definition) is 1. The largest absolute Gasteiger partial charge is 0.350 e. The van der Waals surface area contributed by atoms with Gasteiger partial charge in [-0.1, -0.05) is 29.6 Å². The van der Waals surface area contributed by atoms with Crippen molar-refractivity contribution in [2.24, 2.45) is 0 Å². The summed E-state index contributed by atoms with van der Waals surface area (Å²) in [6.45, 7) is 4.99. The topological polar surface area (TPSA) is 45.2 Å². The molecule has 4 nitrogen and oxygen atoms in total. The Kier molecular flexibility index (Phi) is 5.64. The molecular weight excluding hydrogens is 297 g/mol. The predicted octanol–water partition coefficient (Wildman–Crippen LogP) is 2.99. The van der Waals surface area contributed by atoms with E-state index in [0.29, 0.717) is 23.2 Å². The van der Waals surface area contributed by atoms with Crippen LogP contribution >= 0.6 is 23.2 Å². The third-order valence-corrected chi connectivity index (χ3v) is 4.32. The Balaban J connectivity index is 1.86. The SMILES string of the molecule is CC(CNC(=O)c1cnc(Cl)c(Cl)c1)N1CCCCC1. The Bertz CT molecular complexity index is 475. The number of aromatic nitrogens is 1. The number of carbonyl (C=O) groups excluding carboxylic acids is 1. The number of likely N-dealkylation sites (tertiary alicyclic amines) is 1. The van der Waals surface area contributed by atoms with Crippen LogP contribution in [0.2, 0.25) is 10.2 Å². The summed E-state index contributed by atoms with van der Waals surface area (Å²) in [6.07, 6.45) is 5.24. The smallest absolute Gasteiger partial charge is 0.252 e. The van der Waals surface area contributed by atoms with Gasteiger partial charge >= 0.3 is 0 Å². The molecule has 6 heteroatoms. The summed E-state index contributed by atoms with van der Waals surface area (Å²) in [5.41, 5.74) is 0.435. The molecule has 1 N–H and O–H groups in total. The van der Waals surface area contributed by atoms with Crippen molar-refractivity contribution in [2.45, 2.75) is 32.2 Å². The predicted molar refractivity (Wildman–Crippen MR) is 81.5 cm³/mol. The molecule has 1 aromatic heterocycles. The van der Waals surface area contributed by atoms with Gasteiger partial charge in [0.2, 0.25) is 0 Å². The van der Waals surface area contributed by atoms with E-state index in [0.717, 1.165) is 13.1 Å². The minimum absolute atomic E-state index is 0.167. The van der Waals surface area contributed by atoms with Gasteiger partial charge in [0.05, 0.1) is 10.6 Å². The average molecular weight is 316 g/mol. The van der Waals surface area contributed by atoms with E-state index in [4.69, 9.17) is 23.2 Å². The average Bonchev–Trinajstić information content (AvgIpc) is 2.48. The molecule has 0 radical (unpaired) electrons. The number of rotatable bonds is 4. The highest BCUT2D eigenvalue weighted by atomic mass is 35.5. The van der Waals surface area contributed by atoms with E-state index in [-0.39, 0.29) is 11.1 Å². The zero-order valence-electron chi connectivity index (χ0n) is 11.5. The highest BCUT2D eigenvalue weighted by molar-refractivity contribution is 6.41. The van der Waals surface area contributed by atoms with E-state index in [1.54, 1.807) is 0 Å². The monoisotopic (exact) mass is 315 g/mol. The molecule has 1 unspecified atom stereocenters. The fourth-order valence-corrected chi connectivity index (χ4v) is 2.65. The molecule has 20 heavy (non-hydrogen) atoms. The van der Waals surface area contributed by atoms with E-state index in [9.17, 15) is 4.79 Å². The van der Waals surface area contributed by atoms with Crippen molar-refractivity contribution in [1.82, 2.24) is 15.2 Å². The normalized spacial score (nSPS) is 17.8. The van der Waals surface area contributed by atoms with E-state index >= 15 is 0 Å². The summed E-state index contributed by atoms with van der Waals surface area (Å²) in [7, 11) is 0. The number of hydrogen-bond acceptors (Lipinski definition) is 3. The molecule has 110 valence electrons. The first-order valence-electron chi connectivity index (χ1n) is 6.91. The molecule has 1 fully saturated rings. The molecule has 0 saturated carbocycles. The number of nitrogens with zero attached hydrogens (tertiary/aromatic N) is 2. The second-order valence-corrected chi connectivity index (χ2v) is 5.92. The third-order valence-electron chi connectivity index (χ3n) is 3.63. The van der Waals surface area contributed by atoms with Gasteiger partial charge in [-0.25, -0.2) is 4.98 Å². The van der Waals surface area contributed by atoms with Crippen LogP contribution in [-0.2, 0) is 0 Å². The molecule has 1 aromatic rings. The maximum absolute atomic E-state index is 12.0. The molecular formula is C14H19Cl2N3O. The van der Waals surface area contributed by atoms with Gasteiger partial charge in [0.25, 0.3) is 5.91 Å². The van der Waals surface area contributed by atoms with Crippen LogP contribution < -0.4 is 5.32 Å².